The standard InChI is InChI=1S/C17H24N2O2S/c1-12(2)14(20)11-18-16(21)9-5-6-10-17-19-13-7-3-4-8-15(13)22-17/h3-4,7-8,12,14,20H,5-6,9-11H2,1-2H3,(H,18,21). The van der Waals surface area contributed by atoms with Gasteiger partial charge in [0.25, 0.3) is 0 Å². The van der Waals surface area contributed by atoms with Crippen molar-refractivity contribution in [1.29, 1.82) is 0 Å². The van der Waals surface area contributed by atoms with Crippen LogP contribution in [0.2, 0.25) is 0 Å². The number of carbonyl (C=O) groups excluding carboxylic acids is 1. The van der Waals surface area contributed by atoms with E-state index in [2.05, 4.69) is 16.4 Å². The number of amides is 1. The first-order valence-electron chi connectivity index (χ1n) is 7.85. The molecule has 0 radical (unpaired) electrons. The number of para-hydroxylation sites is 1. The van der Waals surface area contributed by atoms with Crippen LogP contribution in [0, 0.1) is 5.92 Å². The average molecular weight is 320 g/mol. The number of aryl methyl sites for hydroxylation is 1. The lowest BCUT2D eigenvalue weighted by Crippen LogP contribution is -2.34. The Morgan fingerprint density at radius 1 is 1.32 bits per heavy atom. The highest BCUT2D eigenvalue weighted by Crippen LogP contribution is 2.22. The monoisotopic (exact) mass is 320 g/mol. The quantitative estimate of drug-likeness (QED) is 0.735. The zero-order valence-corrected chi connectivity index (χ0v) is 14.0. The fourth-order valence-electron chi connectivity index (χ4n) is 2.13. The first-order chi connectivity index (χ1) is 10.6. The molecule has 22 heavy (non-hydrogen) atoms. The molecule has 1 unspecified atom stereocenters. The molecule has 0 bridgehead atoms. The zero-order chi connectivity index (χ0) is 15.9. The van der Waals surface area contributed by atoms with Crippen LogP contribution in [-0.2, 0) is 11.2 Å². The van der Waals surface area contributed by atoms with Gasteiger partial charge in [-0.2, -0.15) is 0 Å². The summed E-state index contributed by atoms with van der Waals surface area (Å²) in [5.74, 6) is 0.184. The summed E-state index contributed by atoms with van der Waals surface area (Å²) in [6.07, 6.45) is 2.77. The van der Waals surface area contributed by atoms with Crippen LogP contribution in [-0.4, -0.2) is 28.6 Å². The molecule has 0 spiro atoms. The lowest BCUT2D eigenvalue weighted by molar-refractivity contribution is -0.121. The van der Waals surface area contributed by atoms with E-state index in [0.717, 1.165) is 29.8 Å². The van der Waals surface area contributed by atoms with Gasteiger partial charge in [-0.1, -0.05) is 26.0 Å². The first kappa shape index (κ1) is 16.9. The number of benzene rings is 1. The third-order valence-corrected chi connectivity index (χ3v) is 4.76. The maximum atomic E-state index is 11.7. The topological polar surface area (TPSA) is 62.2 Å². The van der Waals surface area contributed by atoms with E-state index in [1.165, 1.54) is 4.70 Å². The van der Waals surface area contributed by atoms with Crippen molar-refractivity contribution in [1.82, 2.24) is 10.3 Å². The van der Waals surface area contributed by atoms with Gasteiger partial charge in [0.15, 0.2) is 0 Å². The Bertz CT molecular complexity index is 576. The van der Waals surface area contributed by atoms with Crippen LogP contribution >= 0.6 is 11.3 Å². The molecule has 0 aliphatic heterocycles. The first-order valence-corrected chi connectivity index (χ1v) is 8.67. The number of nitrogens with zero attached hydrogens (tertiary/aromatic N) is 1. The molecular formula is C17H24N2O2S. The largest absolute Gasteiger partial charge is 0.391 e. The van der Waals surface area contributed by atoms with Gasteiger partial charge in [-0.3, -0.25) is 4.79 Å². The molecule has 2 N–H and O–H groups in total. The van der Waals surface area contributed by atoms with Gasteiger partial charge in [0.05, 0.1) is 21.3 Å². The summed E-state index contributed by atoms with van der Waals surface area (Å²) in [6, 6.07) is 8.15. The SMILES string of the molecule is CC(C)C(O)CNC(=O)CCCCc1nc2ccccc2s1. The molecule has 0 fully saturated rings. The molecule has 1 amide bonds. The van der Waals surface area contributed by atoms with Crippen molar-refractivity contribution in [2.45, 2.75) is 45.6 Å². The van der Waals surface area contributed by atoms with Gasteiger partial charge in [-0.05, 0) is 37.3 Å². The minimum atomic E-state index is -0.466. The van der Waals surface area contributed by atoms with Gasteiger partial charge >= 0.3 is 0 Å². The van der Waals surface area contributed by atoms with E-state index in [1.54, 1.807) is 11.3 Å². The Hall–Kier alpha value is -1.46. The highest BCUT2D eigenvalue weighted by atomic mass is 32.1. The van der Waals surface area contributed by atoms with Crippen LogP contribution in [0.5, 0.6) is 0 Å². The van der Waals surface area contributed by atoms with E-state index in [1.807, 2.05) is 32.0 Å². The molecule has 0 saturated heterocycles. The molecule has 0 saturated carbocycles. The Morgan fingerprint density at radius 2 is 2.09 bits per heavy atom. The third kappa shape index (κ3) is 5.07. The van der Waals surface area contributed by atoms with E-state index in [9.17, 15) is 9.90 Å². The van der Waals surface area contributed by atoms with Crippen molar-refractivity contribution < 1.29 is 9.90 Å². The van der Waals surface area contributed by atoms with Crippen molar-refractivity contribution in [3.05, 3.63) is 29.3 Å². The number of hydrogen-bond acceptors (Lipinski definition) is 4. The molecule has 2 aromatic rings. The molecule has 120 valence electrons. The van der Waals surface area contributed by atoms with Crippen molar-refractivity contribution >= 4 is 27.5 Å². The maximum absolute atomic E-state index is 11.7. The smallest absolute Gasteiger partial charge is 0.220 e. The van der Waals surface area contributed by atoms with Gasteiger partial charge in [0, 0.05) is 13.0 Å². The number of thiazole rings is 1. The molecule has 2 rings (SSSR count). The number of rotatable bonds is 8. The van der Waals surface area contributed by atoms with Crippen LogP contribution in [0.25, 0.3) is 10.2 Å². The van der Waals surface area contributed by atoms with E-state index in [0.29, 0.717) is 13.0 Å². The van der Waals surface area contributed by atoms with Crippen molar-refractivity contribution in [2.24, 2.45) is 5.92 Å². The van der Waals surface area contributed by atoms with E-state index in [-0.39, 0.29) is 11.8 Å². The van der Waals surface area contributed by atoms with Gasteiger partial charge < -0.3 is 10.4 Å². The lowest BCUT2D eigenvalue weighted by Gasteiger charge is -2.14. The molecule has 1 heterocycles. The van der Waals surface area contributed by atoms with E-state index >= 15 is 0 Å². The van der Waals surface area contributed by atoms with E-state index in [4.69, 9.17) is 0 Å². The highest BCUT2D eigenvalue weighted by molar-refractivity contribution is 7.18. The van der Waals surface area contributed by atoms with Gasteiger partial charge in [0.1, 0.15) is 0 Å². The predicted octanol–water partition coefficient (Wildman–Crippen LogP) is 3.14. The third-order valence-electron chi connectivity index (χ3n) is 3.66. The molecule has 1 atom stereocenters. The molecule has 0 aliphatic carbocycles. The second-order valence-electron chi connectivity index (χ2n) is 5.90. The Labute approximate surface area is 135 Å². The summed E-state index contributed by atoms with van der Waals surface area (Å²) in [6.45, 7) is 4.22. The van der Waals surface area contributed by atoms with Gasteiger partial charge in [-0.25, -0.2) is 4.98 Å². The minimum absolute atomic E-state index is 0.0176. The molecule has 0 aliphatic rings. The number of aliphatic hydroxyl groups is 1. The number of hydrogen-bond donors (Lipinski definition) is 2. The van der Waals surface area contributed by atoms with Crippen molar-refractivity contribution in [3.63, 3.8) is 0 Å². The number of unbranched alkanes of at least 4 members (excludes halogenated alkanes) is 1. The number of carbonyl (C=O) groups is 1. The molecule has 4 nitrogen and oxygen atoms in total. The summed E-state index contributed by atoms with van der Waals surface area (Å²) in [5, 5.41) is 13.6. The van der Waals surface area contributed by atoms with Crippen LogP contribution < -0.4 is 5.32 Å². The Morgan fingerprint density at radius 3 is 2.82 bits per heavy atom. The summed E-state index contributed by atoms with van der Waals surface area (Å²) in [4.78, 5) is 16.3. The maximum Gasteiger partial charge on any atom is 0.220 e. The van der Waals surface area contributed by atoms with Gasteiger partial charge in [-0.15, -0.1) is 11.3 Å². The normalized spacial score (nSPS) is 12.7. The summed E-state index contributed by atoms with van der Waals surface area (Å²) in [7, 11) is 0. The summed E-state index contributed by atoms with van der Waals surface area (Å²) < 4.78 is 1.22. The fraction of sp³-hybridized carbons (Fsp3) is 0.529. The number of aromatic nitrogens is 1. The zero-order valence-electron chi connectivity index (χ0n) is 13.2. The molecule has 1 aromatic heterocycles. The summed E-state index contributed by atoms with van der Waals surface area (Å²) in [5.41, 5.74) is 1.06. The number of nitrogens with one attached hydrogen (secondary N) is 1. The van der Waals surface area contributed by atoms with Crippen LogP contribution in [0.4, 0.5) is 0 Å². The number of aliphatic hydroxyl groups excluding tert-OH is 1. The van der Waals surface area contributed by atoms with E-state index < -0.39 is 6.10 Å². The second kappa shape index (κ2) is 8.25. The number of fused-ring (bicyclic) bond motifs is 1. The van der Waals surface area contributed by atoms with Crippen molar-refractivity contribution in [2.75, 3.05) is 6.54 Å². The predicted molar refractivity (Wildman–Crippen MR) is 91.0 cm³/mol. The highest BCUT2D eigenvalue weighted by Gasteiger charge is 2.10. The Kier molecular flexibility index (Phi) is 6.34. The summed E-state index contributed by atoms with van der Waals surface area (Å²) >= 11 is 1.73. The Balaban J connectivity index is 1.65. The van der Waals surface area contributed by atoms with Crippen molar-refractivity contribution in [3.8, 4) is 0 Å². The minimum Gasteiger partial charge on any atom is -0.391 e. The second-order valence-corrected chi connectivity index (χ2v) is 7.01. The van der Waals surface area contributed by atoms with Crippen LogP contribution in [0.1, 0.15) is 38.1 Å². The lowest BCUT2D eigenvalue weighted by atomic mass is 10.1. The average Bonchev–Trinajstić information content (AvgIpc) is 2.91. The molecule has 5 heteroatoms. The fourth-order valence-corrected chi connectivity index (χ4v) is 3.14. The van der Waals surface area contributed by atoms with Crippen LogP contribution in [0.15, 0.2) is 24.3 Å². The molecular weight excluding hydrogens is 296 g/mol. The molecule has 1 aromatic carbocycles. The van der Waals surface area contributed by atoms with Crippen LogP contribution in [0.3, 0.4) is 0 Å². The van der Waals surface area contributed by atoms with Gasteiger partial charge in [0.2, 0.25) is 5.91 Å².